The molecule has 126 valence electrons. The number of nitrogens with zero attached hydrogens (tertiary/aromatic N) is 4. The van der Waals surface area contributed by atoms with E-state index in [4.69, 9.17) is 4.74 Å². The van der Waals surface area contributed by atoms with E-state index in [0.717, 1.165) is 30.2 Å². The Labute approximate surface area is 141 Å². The number of anilines is 2. The van der Waals surface area contributed by atoms with Gasteiger partial charge in [-0.1, -0.05) is 12.1 Å². The van der Waals surface area contributed by atoms with E-state index in [-0.39, 0.29) is 17.9 Å². The van der Waals surface area contributed by atoms with Crippen molar-refractivity contribution in [3.8, 4) is 0 Å². The molecule has 4 rings (SSSR count). The van der Waals surface area contributed by atoms with E-state index < -0.39 is 0 Å². The molecule has 2 aromatic rings. The number of carbonyl (C=O) groups is 1. The van der Waals surface area contributed by atoms with Crippen molar-refractivity contribution in [2.45, 2.75) is 12.5 Å². The number of carbonyl (C=O) groups excluding carboxylic acids is 1. The average Bonchev–Trinajstić information content (AvgIpc) is 3.23. The maximum absolute atomic E-state index is 13.3. The molecule has 2 aliphatic heterocycles. The second-order valence-electron chi connectivity index (χ2n) is 6.48. The molecule has 0 N–H and O–H groups in total. The monoisotopic (exact) mass is 326 g/mol. The highest BCUT2D eigenvalue weighted by Crippen LogP contribution is 2.38. The molecule has 0 aliphatic carbocycles. The van der Waals surface area contributed by atoms with Gasteiger partial charge in [0.1, 0.15) is 11.9 Å². The van der Waals surface area contributed by atoms with Gasteiger partial charge in [0.25, 0.3) is 0 Å². The minimum atomic E-state index is -0.260. The number of fused-ring (bicyclic) bond motifs is 1. The summed E-state index contributed by atoms with van der Waals surface area (Å²) < 4.78 is 7.81. The Kier molecular flexibility index (Phi) is 3.76. The van der Waals surface area contributed by atoms with Gasteiger partial charge in [-0.3, -0.25) is 4.79 Å². The Morgan fingerprint density at radius 3 is 2.75 bits per heavy atom. The number of para-hydroxylation sites is 2. The van der Waals surface area contributed by atoms with Gasteiger partial charge in [0.2, 0.25) is 5.91 Å². The Balaban J connectivity index is 1.64. The van der Waals surface area contributed by atoms with Crippen molar-refractivity contribution in [3.05, 3.63) is 42.5 Å². The fourth-order valence-electron chi connectivity index (χ4n) is 3.68. The van der Waals surface area contributed by atoms with Crippen LogP contribution in [0.2, 0.25) is 0 Å². The summed E-state index contributed by atoms with van der Waals surface area (Å²) in [7, 11) is 4.01. The van der Waals surface area contributed by atoms with Crippen LogP contribution in [0.3, 0.4) is 0 Å². The van der Waals surface area contributed by atoms with Crippen LogP contribution in [-0.4, -0.2) is 42.2 Å². The number of aryl methyl sites for hydroxylation is 1. The lowest BCUT2D eigenvalue weighted by atomic mass is 9.98. The first-order valence-corrected chi connectivity index (χ1v) is 8.37. The van der Waals surface area contributed by atoms with Gasteiger partial charge in [-0.05, 0) is 18.6 Å². The summed E-state index contributed by atoms with van der Waals surface area (Å²) in [4.78, 5) is 21.8. The van der Waals surface area contributed by atoms with Crippen LogP contribution < -0.4 is 9.80 Å². The number of aromatic nitrogens is 2. The molecule has 0 saturated carbocycles. The zero-order valence-corrected chi connectivity index (χ0v) is 14.1. The van der Waals surface area contributed by atoms with E-state index in [0.29, 0.717) is 13.2 Å². The molecule has 24 heavy (non-hydrogen) atoms. The molecule has 0 radical (unpaired) electrons. The molecule has 6 nitrogen and oxygen atoms in total. The molecule has 0 unspecified atom stereocenters. The van der Waals surface area contributed by atoms with Crippen LogP contribution in [0.5, 0.6) is 0 Å². The highest BCUT2D eigenvalue weighted by Gasteiger charge is 2.41. The summed E-state index contributed by atoms with van der Waals surface area (Å²) in [6.45, 7) is 2.14. The van der Waals surface area contributed by atoms with Crippen LogP contribution >= 0.6 is 0 Å². The minimum Gasteiger partial charge on any atom is -0.371 e. The summed E-state index contributed by atoms with van der Waals surface area (Å²) in [5, 5.41) is 0. The summed E-state index contributed by atoms with van der Waals surface area (Å²) >= 11 is 0. The van der Waals surface area contributed by atoms with Gasteiger partial charge < -0.3 is 19.1 Å². The van der Waals surface area contributed by atoms with Gasteiger partial charge in [-0.2, -0.15) is 0 Å². The van der Waals surface area contributed by atoms with Crippen molar-refractivity contribution in [3.63, 3.8) is 0 Å². The molecule has 3 heterocycles. The molecule has 1 saturated heterocycles. The van der Waals surface area contributed by atoms with E-state index in [2.05, 4.69) is 23.0 Å². The first-order chi connectivity index (χ1) is 11.7. The highest BCUT2D eigenvalue weighted by atomic mass is 16.5. The summed E-state index contributed by atoms with van der Waals surface area (Å²) in [6, 6.07) is 8.09. The Morgan fingerprint density at radius 2 is 2.00 bits per heavy atom. The van der Waals surface area contributed by atoms with Crippen molar-refractivity contribution < 1.29 is 9.53 Å². The Bertz CT molecular complexity index is 757. The van der Waals surface area contributed by atoms with Crippen molar-refractivity contribution in [1.82, 2.24) is 9.55 Å². The highest BCUT2D eigenvalue weighted by molar-refractivity contribution is 5.99. The number of amides is 1. The lowest BCUT2D eigenvalue weighted by Gasteiger charge is -2.37. The smallest absolute Gasteiger partial charge is 0.233 e. The van der Waals surface area contributed by atoms with Crippen LogP contribution in [0.25, 0.3) is 0 Å². The van der Waals surface area contributed by atoms with Crippen LogP contribution in [-0.2, 0) is 16.6 Å². The molecule has 0 bridgehead atoms. The molecule has 1 fully saturated rings. The summed E-state index contributed by atoms with van der Waals surface area (Å²) in [5.41, 5.74) is 2.09. The van der Waals surface area contributed by atoms with Gasteiger partial charge in [-0.25, -0.2) is 4.98 Å². The van der Waals surface area contributed by atoms with Gasteiger partial charge in [-0.15, -0.1) is 0 Å². The van der Waals surface area contributed by atoms with Crippen LogP contribution in [0, 0.1) is 5.92 Å². The molecular formula is C18H22N4O2. The van der Waals surface area contributed by atoms with Gasteiger partial charge in [0.05, 0.1) is 17.3 Å². The number of imidazole rings is 1. The topological polar surface area (TPSA) is 50.6 Å². The third kappa shape index (κ3) is 2.38. The predicted octanol–water partition coefficient (Wildman–Crippen LogP) is 1.98. The Morgan fingerprint density at radius 1 is 1.21 bits per heavy atom. The normalized spacial score (nSPS) is 23.4. The third-order valence-corrected chi connectivity index (χ3v) is 5.03. The zero-order chi connectivity index (χ0) is 16.7. The van der Waals surface area contributed by atoms with Crippen molar-refractivity contribution in [2.75, 3.05) is 36.5 Å². The van der Waals surface area contributed by atoms with E-state index in [9.17, 15) is 4.79 Å². The number of hydrogen-bond acceptors (Lipinski definition) is 4. The SMILES string of the molecule is CN1CCN(C(=O)[C@@H]2CCO[C@H]2c2nccn2C)c2ccccc21. The molecule has 1 aromatic heterocycles. The molecule has 2 aliphatic rings. The number of rotatable bonds is 2. The van der Waals surface area contributed by atoms with Crippen LogP contribution in [0.15, 0.2) is 36.7 Å². The molecule has 6 heteroatoms. The lowest BCUT2D eigenvalue weighted by molar-refractivity contribution is -0.124. The van der Waals surface area contributed by atoms with Gasteiger partial charge in [0.15, 0.2) is 0 Å². The summed E-state index contributed by atoms with van der Waals surface area (Å²) in [6.07, 6.45) is 4.13. The third-order valence-electron chi connectivity index (χ3n) is 5.03. The maximum Gasteiger partial charge on any atom is 0.233 e. The van der Waals surface area contributed by atoms with Crippen LogP contribution in [0.4, 0.5) is 11.4 Å². The minimum absolute atomic E-state index is 0.140. The predicted molar refractivity (Wildman–Crippen MR) is 92.1 cm³/mol. The molecule has 1 aromatic carbocycles. The number of hydrogen-bond donors (Lipinski definition) is 0. The first-order valence-electron chi connectivity index (χ1n) is 8.37. The van der Waals surface area contributed by atoms with E-state index in [1.54, 1.807) is 6.20 Å². The second-order valence-corrected chi connectivity index (χ2v) is 6.48. The van der Waals surface area contributed by atoms with Gasteiger partial charge >= 0.3 is 0 Å². The first kappa shape index (κ1) is 15.2. The maximum atomic E-state index is 13.3. The molecule has 1 amide bonds. The van der Waals surface area contributed by atoms with E-state index in [1.807, 2.05) is 40.9 Å². The molecule has 2 atom stereocenters. The standard InChI is InChI=1S/C18H22N4O2/c1-20-10-11-22(15-6-4-3-5-14(15)20)18(23)13-7-12-24-16(13)17-19-8-9-21(17)2/h3-6,8-9,13,16H,7,10-12H2,1-2H3/t13-,16-/m1/s1. The van der Waals surface area contributed by atoms with Crippen LogP contribution in [0.1, 0.15) is 18.3 Å². The summed E-state index contributed by atoms with van der Waals surface area (Å²) in [5.74, 6) is 0.789. The second kappa shape index (κ2) is 5.94. The van der Waals surface area contributed by atoms with Crippen molar-refractivity contribution >= 4 is 17.3 Å². The lowest BCUT2D eigenvalue weighted by Crippen LogP contribution is -2.45. The van der Waals surface area contributed by atoms with Crippen molar-refractivity contribution in [2.24, 2.45) is 13.0 Å². The number of likely N-dealkylation sites (N-methyl/N-ethyl adjacent to an activating group) is 1. The van der Waals surface area contributed by atoms with Gasteiger partial charge in [0, 0.05) is 46.2 Å². The number of benzene rings is 1. The van der Waals surface area contributed by atoms with E-state index >= 15 is 0 Å². The van der Waals surface area contributed by atoms with E-state index in [1.165, 1.54) is 0 Å². The Hall–Kier alpha value is -2.34. The molecule has 0 spiro atoms. The van der Waals surface area contributed by atoms with Crippen molar-refractivity contribution in [1.29, 1.82) is 0 Å². The fraction of sp³-hybridized carbons (Fsp3) is 0.444. The molecular weight excluding hydrogens is 304 g/mol. The quantitative estimate of drug-likeness (QED) is 0.847. The largest absolute Gasteiger partial charge is 0.371 e. The zero-order valence-electron chi connectivity index (χ0n) is 14.1. The average molecular weight is 326 g/mol. The number of ether oxygens (including phenoxy) is 1. The fourth-order valence-corrected chi connectivity index (χ4v) is 3.68.